The van der Waals surface area contributed by atoms with Crippen molar-refractivity contribution in [3.63, 3.8) is 0 Å². The smallest absolute Gasteiger partial charge is 0.252 e. The van der Waals surface area contributed by atoms with Crippen LogP contribution in [0.4, 0.5) is 4.39 Å². The SMILES string of the molecule is O=C1NC2(CCCCC2)Cc2ccc(F)cc21. The van der Waals surface area contributed by atoms with Gasteiger partial charge in [-0.1, -0.05) is 25.3 Å². The Balaban J connectivity index is 1.97. The zero-order chi connectivity index (χ0) is 11.9. The molecule has 0 bridgehead atoms. The normalized spacial score (nSPS) is 22.1. The van der Waals surface area contributed by atoms with Crippen LogP contribution in [-0.4, -0.2) is 11.4 Å². The lowest BCUT2D eigenvalue weighted by Crippen LogP contribution is -2.54. The average molecular weight is 233 g/mol. The second-order valence-electron chi connectivity index (χ2n) is 5.27. The standard InChI is InChI=1S/C14H16FNO/c15-11-5-4-10-9-14(6-2-1-3-7-14)16-13(17)12(10)8-11/h4-5,8H,1-3,6-7,9H2,(H,16,17). The lowest BCUT2D eigenvalue weighted by atomic mass is 9.74. The summed E-state index contributed by atoms with van der Waals surface area (Å²) in [6.07, 6.45) is 6.57. The van der Waals surface area contributed by atoms with Crippen molar-refractivity contribution in [1.82, 2.24) is 5.32 Å². The Morgan fingerprint density at radius 2 is 1.94 bits per heavy atom. The van der Waals surface area contributed by atoms with Gasteiger partial charge in [0.1, 0.15) is 5.82 Å². The van der Waals surface area contributed by atoms with Gasteiger partial charge in [-0.3, -0.25) is 4.79 Å². The van der Waals surface area contributed by atoms with Gasteiger partial charge in [0, 0.05) is 11.1 Å². The Labute approximate surface area is 100 Å². The molecule has 3 heteroatoms. The highest BCUT2D eigenvalue weighted by atomic mass is 19.1. The van der Waals surface area contributed by atoms with E-state index in [9.17, 15) is 9.18 Å². The molecular weight excluding hydrogens is 217 g/mol. The van der Waals surface area contributed by atoms with E-state index < -0.39 is 0 Å². The van der Waals surface area contributed by atoms with Crippen LogP contribution in [-0.2, 0) is 6.42 Å². The maximum atomic E-state index is 13.1. The van der Waals surface area contributed by atoms with Gasteiger partial charge in [0.15, 0.2) is 0 Å². The van der Waals surface area contributed by atoms with Crippen molar-refractivity contribution in [3.05, 3.63) is 35.1 Å². The summed E-state index contributed by atoms with van der Waals surface area (Å²) in [6.45, 7) is 0. The Morgan fingerprint density at radius 3 is 2.71 bits per heavy atom. The summed E-state index contributed by atoms with van der Waals surface area (Å²) in [5.74, 6) is -0.439. The van der Waals surface area contributed by atoms with Crippen molar-refractivity contribution in [2.45, 2.75) is 44.1 Å². The molecule has 1 amide bonds. The number of fused-ring (bicyclic) bond motifs is 1. The fourth-order valence-corrected chi connectivity index (χ4v) is 3.16. The molecule has 17 heavy (non-hydrogen) atoms. The van der Waals surface area contributed by atoms with Gasteiger partial charge in [-0.25, -0.2) is 4.39 Å². The molecule has 0 aromatic heterocycles. The first kappa shape index (κ1) is 10.8. The summed E-state index contributed by atoms with van der Waals surface area (Å²) < 4.78 is 13.1. The predicted octanol–water partition coefficient (Wildman–Crippen LogP) is 2.81. The molecule has 1 saturated carbocycles. The highest BCUT2D eigenvalue weighted by Gasteiger charge is 2.38. The third-order valence-corrected chi connectivity index (χ3v) is 4.03. The van der Waals surface area contributed by atoms with Crippen LogP contribution in [0.2, 0.25) is 0 Å². The molecule has 2 nitrogen and oxygen atoms in total. The van der Waals surface area contributed by atoms with Crippen LogP contribution in [0.25, 0.3) is 0 Å². The summed E-state index contributed by atoms with van der Waals surface area (Å²) >= 11 is 0. The monoisotopic (exact) mass is 233 g/mol. The number of rotatable bonds is 0. The largest absolute Gasteiger partial charge is 0.346 e. The maximum Gasteiger partial charge on any atom is 0.252 e. The van der Waals surface area contributed by atoms with E-state index in [-0.39, 0.29) is 17.3 Å². The van der Waals surface area contributed by atoms with E-state index in [0.29, 0.717) is 5.56 Å². The number of nitrogens with one attached hydrogen (secondary N) is 1. The zero-order valence-corrected chi connectivity index (χ0v) is 9.76. The van der Waals surface area contributed by atoms with E-state index in [4.69, 9.17) is 0 Å². The molecule has 1 heterocycles. The molecule has 2 aliphatic rings. The molecule has 1 N–H and O–H groups in total. The van der Waals surface area contributed by atoms with Crippen LogP contribution in [0, 0.1) is 5.82 Å². The fourth-order valence-electron chi connectivity index (χ4n) is 3.16. The Bertz CT molecular complexity index is 463. The molecule has 0 saturated heterocycles. The Kier molecular flexibility index (Phi) is 2.42. The van der Waals surface area contributed by atoms with Crippen molar-refractivity contribution in [2.24, 2.45) is 0 Å². The second kappa shape index (κ2) is 3.83. The molecule has 1 fully saturated rings. The lowest BCUT2D eigenvalue weighted by Gasteiger charge is -2.41. The topological polar surface area (TPSA) is 29.1 Å². The number of carbonyl (C=O) groups excluding carboxylic acids is 1. The lowest BCUT2D eigenvalue weighted by molar-refractivity contribution is 0.0843. The highest BCUT2D eigenvalue weighted by Crippen LogP contribution is 2.35. The molecule has 1 aliphatic heterocycles. The molecule has 1 aliphatic carbocycles. The summed E-state index contributed by atoms with van der Waals surface area (Å²) in [7, 11) is 0. The van der Waals surface area contributed by atoms with Crippen LogP contribution in [0.3, 0.4) is 0 Å². The molecule has 90 valence electrons. The van der Waals surface area contributed by atoms with E-state index >= 15 is 0 Å². The zero-order valence-electron chi connectivity index (χ0n) is 9.76. The van der Waals surface area contributed by atoms with E-state index in [2.05, 4.69) is 5.32 Å². The number of benzene rings is 1. The van der Waals surface area contributed by atoms with E-state index in [0.717, 1.165) is 24.8 Å². The van der Waals surface area contributed by atoms with Gasteiger partial charge in [0.25, 0.3) is 5.91 Å². The first-order valence-electron chi connectivity index (χ1n) is 6.30. The summed E-state index contributed by atoms with van der Waals surface area (Å²) in [4.78, 5) is 12.0. The molecule has 1 spiro atoms. The first-order chi connectivity index (χ1) is 8.19. The Hall–Kier alpha value is -1.38. The number of hydrogen-bond acceptors (Lipinski definition) is 1. The third-order valence-electron chi connectivity index (χ3n) is 4.03. The molecule has 1 aromatic carbocycles. The molecule has 0 radical (unpaired) electrons. The minimum absolute atomic E-state index is 0.0554. The summed E-state index contributed by atoms with van der Waals surface area (Å²) in [5.41, 5.74) is 1.46. The number of hydrogen-bond donors (Lipinski definition) is 1. The van der Waals surface area contributed by atoms with Crippen LogP contribution >= 0.6 is 0 Å². The number of amides is 1. The number of halogens is 1. The first-order valence-corrected chi connectivity index (χ1v) is 6.30. The summed E-state index contributed by atoms with van der Waals surface area (Å²) in [6, 6.07) is 4.56. The molecule has 1 aromatic rings. The number of carbonyl (C=O) groups is 1. The van der Waals surface area contributed by atoms with Gasteiger partial charge in [0.2, 0.25) is 0 Å². The minimum atomic E-state index is -0.335. The third kappa shape index (κ3) is 1.84. The quantitative estimate of drug-likeness (QED) is 0.733. The van der Waals surface area contributed by atoms with Crippen LogP contribution < -0.4 is 5.32 Å². The Morgan fingerprint density at radius 1 is 1.18 bits per heavy atom. The van der Waals surface area contributed by atoms with Crippen LogP contribution in [0.1, 0.15) is 48.0 Å². The van der Waals surface area contributed by atoms with Crippen LogP contribution in [0.15, 0.2) is 18.2 Å². The van der Waals surface area contributed by atoms with E-state index in [1.807, 2.05) is 0 Å². The summed E-state index contributed by atoms with van der Waals surface area (Å²) in [5, 5.41) is 3.11. The van der Waals surface area contributed by atoms with Crippen molar-refractivity contribution in [1.29, 1.82) is 0 Å². The fraction of sp³-hybridized carbons (Fsp3) is 0.500. The highest BCUT2D eigenvalue weighted by molar-refractivity contribution is 5.97. The van der Waals surface area contributed by atoms with Crippen molar-refractivity contribution < 1.29 is 9.18 Å². The molecule has 0 atom stereocenters. The molecular formula is C14H16FNO. The molecule has 3 rings (SSSR count). The average Bonchev–Trinajstić information content (AvgIpc) is 2.31. The van der Waals surface area contributed by atoms with Crippen molar-refractivity contribution in [3.8, 4) is 0 Å². The van der Waals surface area contributed by atoms with Gasteiger partial charge < -0.3 is 5.32 Å². The maximum absolute atomic E-state index is 13.1. The van der Waals surface area contributed by atoms with Gasteiger partial charge in [-0.05, 0) is 37.0 Å². The van der Waals surface area contributed by atoms with Gasteiger partial charge >= 0.3 is 0 Å². The predicted molar refractivity (Wildman–Crippen MR) is 63.4 cm³/mol. The van der Waals surface area contributed by atoms with E-state index in [1.165, 1.54) is 31.4 Å². The van der Waals surface area contributed by atoms with Crippen molar-refractivity contribution in [2.75, 3.05) is 0 Å². The molecule has 0 unspecified atom stereocenters. The second-order valence-corrected chi connectivity index (χ2v) is 5.27. The van der Waals surface area contributed by atoms with Crippen molar-refractivity contribution >= 4 is 5.91 Å². The van der Waals surface area contributed by atoms with Gasteiger partial charge in [-0.15, -0.1) is 0 Å². The van der Waals surface area contributed by atoms with E-state index in [1.54, 1.807) is 6.07 Å². The van der Waals surface area contributed by atoms with Gasteiger partial charge in [0.05, 0.1) is 0 Å². The van der Waals surface area contributed by atoms with Gasteiger partial charge in [-0.2, -0.15) is 0 Å². The minimum Gasteiger partial charge on any atom is -0.346 e. The van der Waals surface area contributed by atoms with Crippen LogP contribution in [0.5, 0.6) is 0 Å².